The lowest BCUT2D eigenvalue weighted by Crippen LogP contribution is -2.01. The zero-order valence-corrected chi connectivity index (χ0v) is 10.3. The molecule has 0 aliphatic carbocycles. The van der Waals surface area contributed by atoms with Crippen molar-refractivity contribution in [3.05, 3.63) is 63.2 Å². The van der Waals surface area contributed by atoms with Crippen molar-refractivity contribution in [2.75, 3.05) is 0 Å². The predicted molar refractivity (Wildman–Crippen MR) is 70.5 cm³/mol. The summed E-state index contributed by atoms with van der Waals surface area (Å²) in [7, 11) is 0. The van der Waals surface area contributed by atoms with Crippen molar-refractivity contribution in [3.63, 3.8) is 0 Å². The quantitative estimate of drug-likeness (QED) is 0.686. The molecule has 0 radical (unpaired) electrons. The Bertz CT molecular complexity index is 669. The third kappa shape index (κ3) is 2.56. The summed E-state index contributed by atoms with van der Waals surface area (Å²) in [6.07, 6.45) is 0. The number of aromatic carboxylic acids is 1. The van der Waals surface area contributed by atoms with Crippen LogP contribution in [-0.4, -0.2) is 16.0 Å². The van der Waals surface area contributed by atoms with E-state index < -0.39 is 10.9 Å². The molecular weight excluding hydrogens is 270 g/mol. The number of carbonyl (C=O) groups is 1. The molecule has 2 rings (SSSR count). The van der Waals surface area contributed by atoms with Gasteiger partial charge in [-0.1, -0.05) is 29.8 Å². The van der Waals surface area contributed by atoms with Crippen LogP contribution < -0.4 is 0 Å². The maximum absolute atomic E-state index is 11.2. The lowest BCUT2D eigenvalue weighted by Gasteiger charge is -2.08. The summed E-state index contributed by atoms with van der Waals surface area (Å²) in [5.74, 6) is -1.16. The van der Waals surface area contributed by atoms with Gasteiger partial charge in [0.15, 0.2) is 0 Å². The maximum atomic E-state index is 11.2. The summed E-state index contributed by atoms with van der Waals surface area (Å²) in [6.45, 7) is 0. The molecule has 1 N–H and O–H groups in total. The van der Waals surface area contributed by atoms with Crippen LogP contribution in [0.25, 0.3) is 11.1 Å². The van der Waals surface area contributed by atoms with Crippen molar-refractivity contribution in [2.24, 2.45) is 0 Å². The summed E-state index contributed by atoms with van der Waals surface area (Å²) in [4.78, 5) is 21.4. The van der Waals surface area contributed by atoms with E-state index in [2.05, 4.69) is 0 Å². The van der Waals surface area contributed by atoms with Gasteiger partial charge in [-0.2, -0.15) is 0 Å². The highest BCUT2D eigenvalue weighted by molar-refractivity contribution is 6.33. The normalized spacial score (nSPS) is 10.2. The molecule has 2 aromatic carbocycles. The molecule has 0 saturated heterocycles. The van der Waals surface area contributed by atoms with E-state index in [9.17, 15) is 14.9 Å². The average molecular weight is 278 g/mol. The lowest BCUT2D eigenvalue weighted by atomic mass is 9.99. The predicted octanol–water partition coefficient (Wildman–Crippen LogP) is 3.61. The first-order valence-corrected chi connectivity index (χ1v) is 5.65. The first-order valence-electron chi connectivity index (χ1n) is 5.27. The largest absolute Gasteiger partial charge is 0.478 e. The number of halogens is 1. The van der Waals surface area contributed by atoms with Gasteiger partial charge in [-0.05, 0) is 12.1 Å². The van der Waals surface area contributed by atoms with Crippen LogP contribution in [0.4, 0.5) is 5.69 Å². The molecule has 96 valence electrons. The van der Waals surface area contributed by atoms with Gasteiger partial charge in [0.1, 0.15) is 0 Å². The first-order chi connectivity index (χ1) is 9.00. The van der Waals surface area contributed by atoms with E-state index in [0.29, 0.717) is 10.6 Å². The Balaban J connectivity index is 2.72. The van der Waals surface area contributed by atoms with Crippen molar-refractivity contribution in [2.45, 2.75) is 0 Å². The van der Waals surface area contributed by atoms with Crippen molar-refractivity contribution in [1.29, 1.82) is 0 Å². The summed E-state index contributed by atoms with van der Waals surface area (Å²) in [5, 5.41) is 20.2. The summed E-state index contributed by atoms with van der Waals surface area (Å²) in [5.41, 5.74) is 0.469. The molecule has 0 unspecified atom stereocenters. The smallest absolute Gasteiger partial charge is 0.336 e. The Hall–Kier alpha value is -2.40. The van der Waals surface area contributed by atoms with Crippen molar-refractivity contribution in [3.8, 4) is 11.1 Å². The monoisotopic (exact) mass is 277 g/mol. The topological polar surface area (TPSA) is 80.4 Å². The molecule has 0 aromatic heterocycles. The fourth-order valence-corrected chi connectivity index (χ4v) is 1.97. The van der Waals surface area contributed by atoms with Gasteiger partial charge in [0, 0.05) is 28.3 Å². The van der Waals surface area contributed by atoms with Gasteiger partial charge >= 0.3 is 5.97 Å². The molecule has 19 heavy (non-hydrogen) atoms. The van der Waals surface area contributed by atoms with Gasteiger partial charge in [-0.15, -0.1) is 0 Å². The van der Waals surface area contributed by atoms with Gasteiger partial charge in [0.05, 0.1) is 10.5 Å². The van der Waals surface area contributed by atoms with Gasteiger partial charge in [-0.25, -0.2) is 4.79 Å². The maximum Gasteiger partial charge on any atom is 0.336 e. The van der Waals surface area contributed by atoms with E-state index in [4.69, 9.17) is 16.7 Å². The zero-order chi connectivity index (χ0) is 14.0. The van der Waals surface area contributed by atoms with E-state index in [1.54, 1.807) is 24.3 Å². The first kappa shape index (κ1) is 13.0. The minimum Gasteiger partial charge on any atom is -0.478 e. The van der Waals surface area contributed by atoms with Gasteiger partial charge in [0.25, 0.3) is 5.69 Å². The van der Waals surface area contributed by atoms with Crippen LogP contribution in [0.2, 0.25) is 5.02 Å². The second-order valence-corrected chi connectivity index (χ2v) is 4.18. The second-order valence-electron chi connectivity index (χ2n) is 3.77. The molecule has 0 aliphatic rings. The Morgan fingerprint density at radius 1 is 1.16 bits per heavy atom. The molecule has 0 heterocycles. The van der Waals surface area contributed by atoms with Crippen LogP contribution in [-0.2, 0) is 0 Å². The third-order valence-electron chi connectivity index (χ3n) is 2.61. The highest BCUT2D eigenvalue weighted by atomic mass is 35.5. The Kier molecular flexibility index (Phi) is 3.48. The van der Waals surface area contributed by atoms with Crippen LogP contribution in [0.15, 0.2) is 42.5 Å². The summed E-state index contributed by atoms with van der Waals surface area (Å²) in [6, 6.07) is 10.2. The molecule has 6 heteroatoms. The van der Waals surface area contributed by atoms with Crippen molar-refractivity contribution in [1.82, 2.24) is 0 Å². The Labute approximate surface area is 113 Å². The molecule has 0 amide bonds. The number of carboxylic acid groups (broad SMARTS) is 1. The standard InChI is InChI=1S/C13H8ClNO4/c14-12-4-2-1-3-9(12)11-7-8(15(18)19)5-6-10(11)13(16)17/h1-7H,(H,16,17). The van der Waals surface area contributed by atoms with Gasteiger partial charge in [0.2, 0.25) is 0 Å². The van der Waals surface area contributed by atoms with E-state index in [0.717, 1.165) is 6.07 Å². The van der Waals surface area contributed by atoms with Crippen LogP contribution in [0.1, 0.15) is 10.4 Å². The molecule has 2 aromatic rings. The van der Waals surface area contributed by atoms with E-state index >= 15 is 0 Å². The lowest BCUT2D eigenvalue weighted by molar-refractivity contribution is -0.384. The molecule has 0 aliphatic heterocycles. The number of nitro groups is 1. The summed E-state index contributed by atoms with van der Waals surface area (Å²) < 4.78 is 0. The van der Waals surface area contributed by atoms with Crippen LogP contribution in [0, 0.1) is 10.1 Å². The van der Waals surface area contributed by atoms with Gasteiger partial charge < -0.3 is 5.11 Å². The van der Waals surface area contributed by atoms with E-state index in [-0.39, 0.29) is 16.8 Å². The SMILES string of the molecule is O=C(O)c1ccc([N+](=O)[O-])cc1-c1ccccc1Cl. The minimum absolute atomic E-state index is 0.0290. The molecule has 0 bridgehead atoms. The number of nitro benzene ring substituents is 1. The van der Waals surface area contributed by atoms with Crippen LogP contribution in [0.5, 0.6) is 0 Å². The number of non-ortho nitro benzene ring substituents is 1. The third-order valence-corrected chi connectivity index (χ3v) is 2.94. The number of carboxylic acids is 1. The minimum atomic E-state index is -1.16. The fourth-order valence-electron chi connectivity index (χ4n) is 1.73. The molecule has 5 nitrogen and oxygen atoms in total. The molecule has 0 atom stereocenters. The Morgan fingerprint density at radius 2 is 1.84 bits per heavy atom. The van der Waals surface area contributed by atoms with Gasteiger partial charge in [-0.3, -0.25) is 10.1 Å². The highest BCUT2D eigenvalue weighted by Crippen LogP contribution is 2.32. The molecule has 0 spiro atoms. The number of benzene rings is 2. The fraction of sp³-hybridized carbons (Fsp3) is 0. The highest BCUT2D eigenvalue weighted by Gasteiger charge is 2.17. The number of nitrogens with zero attached hydrogens (tertiary/aromatic N) is 1. The number of hydrogen-bond acceptors (Lipinski definition) is 3. The average Bonchev–Trinajstić information content (AvgIpc) is 2.38. The van der Waals surface area contributed by atoms with Crippen molar-refractivity contribution < 1.29 is 14.8 Å². The molecular formula is C13H8ClNO4. The zero-order valence-electron chi connectivity index (χ0n) is 9.54. The molecule has 0 saturated carbocycles. The Morgan fingerprint density at radius 3 is 2.42 bits per heavy atom. The van der Waals surface area contributed by atoms with Crippen LogP contribution in [0.3, 0.4) is 0 Å². The van der Waals surface area contributed by atoms with E-state index in [1.807, 2.05) is 0 Å². The second kappa shape index (κ2) is 5.07. The van der Waals surface area contributed by atoms with Crippen LogP contribution >= 0.6 is 11.6 Å². The number of hydrogen-bond donors (Lipinski definition) is 1. The van der Waals surface area contributed by atoms with E-state index in [1.165, 1.54) is 12.1 Å². The number of rotatable bonds is 3. The summed E-state index contributed by atoms with van der Waals surface area (Å²) >= 11 is 6.00. The van der Waals surface area contributed by atoms with Crippen molar-refractivity contribution >= 4 is 23.3 Å². The molecule has 0 fully saturated rings.